The van der Waals surface area contributed by atoms with E-state index in [-0.39, 0.29) is 36.6 Å². The Labute approximate surface area is 195 Å². The van der Waals surface area contributed by atoms with Crippen molar-refractivity contribution in [2.24, 2.45) is 4.99 Å². The van der Waals surface area contributed by atoms with E-state index in [1.54, 1.807) is 18.2 Å². The molecule has 3 aromatic rings. The van der Waals surface area contributed by atoms with E-state index in [2.05, 4.69) is 25.8 Å². The van der Waals surface area contributed by atoms with Crippen LogP contribution in [0.15, 0.2) is 52.0 Å². The molecule has 0 saturated heterocycles. The van der Waals surface area contributed by atoms with Gasteiger partial charge >= 0.3 is 0 Å². The highest BCUT2D eigenvalue weighted by Crippen LogP contribution is 2.20. The zero-order chi connectivity index (χ0) is 20.8. The molecule has 30 heavy (non-hydrogen) atoms. The van der Waals surface area contributed by atoms with Crippen LogP contribution in [0.5, 0.6) is 0 Å². The highest BCUT2D eigenvalue weighted by Gasteiger charge is 2.12. The van der Waals surface area contributed by atoms with E-state index in [0.29, 0.717) is 34.8 Å². The lowest BCUT2D eigenvalue weighted by atomic mass is 10.1. The number of nitrogens with one attached hydrogen (secondary N) is 2. The summed E-state index contributed by atoms with van der Waals surface area (Å²) in [5.41, 5.74) is 1.34. The minimum absolute atomic E-state index is 0. The van der Waals surface area contributed by atoms with Crippen LogP contribution in [0.4, 0.5) is 8.78 Å². The summed E-state index contributed by atoms with van der Waals surface area (Å²) in [6.45, 7) is 4.51. The Morgan fingerprint density at radius 1 is 1.20 bits per heavy atom. The number of nitrogens with zero attached hydrogens (tertiary/aromatic N) is 3. The second kappa shape index (κ2) is 11.2. The highest BCUT2D eigenvalue weighted by atomic mass is 127. The van der Waals surface area contributed by atoms with Gasteiger partial charge in [0.15, 0.2) is 17.6 Å². The first-order valence-corrected chi connectivity index (χ1v) is 9.42. The molecule has 0 saturated carbocycles. The number of halogens is 4. The SMILES string of the molecule is CCNC(=NCc1nc(-c2cccc(Cl)c2)no1)NC(C)c1ccc(F)c(F)c1.I. The quantitative estimate of drug-likeness (QED) is 0.255. The van der Waals surface area contributed by atoms with Crippen LogP contribution in [-0.2, 0) is 6.54 Å². The van der Waals surface area contributed by atoms with Gasteiger partial charge in [0.05, 0.1) is 6.04 Å². The van der Waals surface area contributed by atoms with Gasteiger partial charge in [0, 0.05) is 17.1 Å². The lowest BCUT2D eigenvalue weighted by Gasteiger charge is -2.18. The number of rotatable bonds is 6. The van der Waals surface area contributed by atoms with Gasteiger partial charge in [-0.15, -0.1) is 24.0 Å². The number of hydrogen-bond acceptors (Lipinski definition) is 4. The normalized spacial score (nSPS) is 12.2. The molecule has 0 fully saturated rings. The number of aliphatic imine (C=N–C) groups is 1. The maximum Gasteiger partial charge on any atom is 0.248 e. The van der Waals surface area contributed by atoms with Gasteiger partial charge in [-0.25, -0.2) is 13.8 Å². The van der Waals surface area contributed by atoms with Crippen molar-refractivity contribution in [3.8, 4) is 11.4 Å². The van der Waals surface area contributed by atoms with Crippen LogP contribution in [0.1, 0.15) is 31.3 Å². The number of benzene rings is 2. The third-order valence-corrected chi connectivity index (χ3v) is 4.30. The van der Waals surface area contributed by atoms with Gasteiger partial charge in [0.25, 0.3) is 0 Å². The van der Waals surface area contributed by atoms with Crippen LogP contribution in [-0.4, -0.2) is 22.6 Å². The van der Waals surface area contributed by atoms with Crippen molar-refractivity contribution in [2.45, 2.75) is 26.4 Å². The molecule has 0 aliphatic carbocycles. The third-order valence-electron chi connectivity index (χ3n) is 4.06. The molecule has 1 atom stereocenters. The Balaban J connectivity index is 0.00000320. The van der Waals surface area contributed by atoms with Crippen LogP contribution < -0.4 is 10.6 Å². The van der Waals surface area contributed by atoms with Gasteiger partial charge in [-0.3, -0.25) is 0 Å². The van der Waals surface area contributed by atoms with Crippen molar-refractivity contribution in [3.05, 3.63) is 70.6 Å². The molecule has 2 N–H and O–H groups in total. The van der Waals surface area contributed by atoms with Crippen molar-refractivity contribution < 1.29 is 13.3 Å². The molecule has 0 bridgehead atoms. The summed E-state index contributed by atoms with van der Waals surface area (Å²) in [5.74, 6) is -0.540. The molecule has 0 aliphatic heterocycles. The maximum atomic E-state index is 13.5. The average molecular weight is 548 g/mol. The zero-order valence-electron chi connectivity index (χ0n) is 16.3. The Morgan fingerprint density at radius 3 is 2.70 bits per heavy atom. The van der Waals surface area contributed by atoms with Crippen LogP contribution in [0, 0.1) is 11.6 Å². The van der Waals surface area contributed by atoms with E-state index in [1.165, 1.54) is 6.07 Å². The number of aromatic nitrogens is 2. The number of guanidine groups is 1. The fourth-order valence-corrected chi connectivity index (χ4v) is 2.79. The summed E-state index contributed by atoms with van der Waals surface area (Å²) in [7, 11) is 0. The van der Waals surface area contributed by atoms with Gasteiger partial charge in [-0.05, 0) is 43.7 Å². The predicted octanol–water partition coefficient (Wildman–Crippen LogP) is 5.10. The lowest BCUT2D eigenvalue weighted by molar-refractivity contribution is 0.380. The molecule has 1 heterocycles. The van der Waals surface area contributed by atoms with E-state index in [1.807, 2.05) is 19.9 Å². The smallest absolute Gasteiger partial charge is 0.248 e. The fraction of sp³-hybridized carbons (Fsp3) is 0.250. The molecule has 2 aromatic carbocycles. The second-order valence-corrected chi connectivity index (χ2v) is 6.69. The van der Waals surface area contributed by atoms with Crippen molar-refractivity contribution in [1.82, 2.24) is 20.8 Å². The summed E-state index contributed by atoms with van der Waals surface area (Å²) in [5, 5.41) is 10.8. The van der Waals surface area contributed by atoms with Crippen molar-refractivity contribution in [3.63, 3.8) is 0 Å². The van der Waals surface area contributed by atoms with Crippen molar-refractivity contribution >= 4 is 41.5 Å². The minimum atomic E-state index is -0.891. The van der Waals surface area contributed by atoms with Gasteiger partial charge in [-0.2, -0.15) is 4.98 Å². The summed E-state index contributed by atoms with van der Waals surface area (Å²) in [6.07, 6.45) is 0. The molecule has 1 aromatic heterocycles. The molecule has 160 valence electrons. The molecular formula is C20H21ClF2IN5O. The standard InChI is InChI=1S/C20H20ClF2N5O.HI/c1-3-24-20(26-12(2)13-7-8-16(22)17(23)10-13)25-11-18-27-19(28-29-18)14-5-4-6-15(21)9-14;/h4-10,12H,3,11H2,1-2H3,(H2,24,25,26);1H. The molecule has 1 unspecified atom stereocenters. The van der Waals surface area contributed by atoms with Crippen molar-refractivity contribution in [1.29, 1.82) is 0 Å². The summed E-state index contributed by atoms with van der Waals surface area (Å²) < 4.78 is 31.9. The third kappa shape index (κ3) is 6.36. The monoisotopic (exact) mass is 547 g/mol. The zero-order valence-corrected chi connectivity index (χ0v) is 19.4. The van der Waals surface area contributed by atoms with Gasteiger partial charge < -0.3 is 15.2 Å². The molecule has 0 aliphatic rings. The average Bonchev–Trinajstić information content (AvgIpc) is 3.17. The minimum Gasteiger partial charge on any atom is -0.357 e. The number of hydrogen-bond donors (Lipinski definition) is 2. The molecule has 0 radical (unpaired) electrons. The van der Waals surface area contributed by atoms with Crippen molar-refractivity contribution in [2.75, 3.05) is 6.54 Å². The first-order chi connectivity index (χ1) is 14.0. The van der Waals surface area contributed by atoms with Gasteiger partial charge in [0.1, 0.15) is 6.54 Å². The van der Waals surface area contributed by atoms with Gasteiger partial charge in [-0.1, -0.05) is 35.0 Å². The van der Waals surface area contributed by atoms with Gasteiger partial charge in [0.2, 0.25) is 11.7 Å². The molecular weight excluding hydrogens is 527 g/mol. The molecule has 3 rings (SSSR count). The Morgan fingerprint density at radius 2 is 2.00 bits per heavy atom. The van der Waals surface area contributed by atoms with Crippen LogP contribution >= 0.6 is 35.6 Å². The molecule has 10 heteroatoms. The Hall–Kier alpha value is -2.27. The Bertz CT molecular complexity index is 1010. The van der Waals surface area contributed by atoms with E-state index < -0.39 is 11.6 Å². The lowest BCUT2D eigenvalue weighted by Crippen LogP contribution is -2.38. The summed E-state index contributed by atoms with van der Waals surface area (Å²) >= 11 is 5.99. The molecule has 0 amide bonds. The topological polar surface area (TPSA) is 75.3 Å². The van der Waals surface area contributed by atoms with Crippen LogP contribution in [0.25, 0.3) is 11.4 Å². The van der Waals surface area contributed by atoms with Crippen LogP contribution in [0.3, 0.4) is 0 Å². The Kier molecular flexibility index (Phi) is 8.97. The van der Waals surface area contributed by atoms with E-state index in [4.69, 9.17) is 16.1 Å². The highest BCUT2D eigenvalue weighted by molar-refractivity contribution is 14.0. The predicted molar refractivity (Wildman–Crippen MR) is 123 cm³/mol. The maximum absolute atomic E-state index is 13.5. The van der Waals surface area contributed by atoms with E-state index in [0.717, 1.165) is 17.7 Å². The van der Waals surface area contributed by atoms with E-state index in [9.17, 15) is 8.78 Å². The second-order valence-electron chi connectivity index (χ2n) is 6.26. The first-order valence-electron chi connectivity index (χ1n) is 9.04. The first kappa shape index (κ1) is 24.0. The van der Waals surface area contributed by atoms with E-state index >= 15 is 0 Å². The fourth-order valence-electron chi connectivity index (χ4n) is 2.60. The molecule has 6 nitrogen and oxygen atoms in total. The van der Waals surface area contributed by atoms with Crippen LogP contribution in [0.2, 0.25) is 5.02 Å². The summed E-state index contributed by atoms with van der Waals surface area (Å²) in [6, 6.07) is 10.6. The molecule has 0 spiro atoms. The largest absolute Gasteiger partial charge is 0.357 e. The summed E-state index contributed by atoms with van der Waals surface area (Å²) in [4.78, 5) is 8.74.